The topological polar surface area (TPSA) is 113 Å². The van der Waals surface area contributed by atoms with E-state index in [4.69, 9.17) is 9.84 Å². The Balaban J connectivity index is 2.78. The first-order valence-electron chi connectivity index (χ1n) is 7.15. The predicted octanol–water partition coefficient (Wildman–Crippen LogP) is 1.86. The fraction of sp³-hybridized carbons (Fsp3) is 0.533. The summed E-state index contributed by atoms with van der Waals surface area (Å²) >= 11 is 0. The lowest BCUT2D eigenvalue weighted by Gasteiger charge is -2.28. The van der Waals surface area contributed by atoms with Crippen LogP contribution in [0.1, 0.15) is 32.4 Å². The van der Waals surface area contributed by atoms with Gasteiger partial charge >= 0.3 is 6.09 Å². The minimum Gasteiger partial charge on any atom is -0.444 e. The van der Waals surface area contributed by atoms with E-state index in [0.717, 1.165) is 0 Å². The molecule has 0 aliphatic carbocycles. The number of hydrogen-bond donors (Lipinski definition) is 2. The van der Waals surface area contributed by atoms with Crippen LogP contribution in [-0.4, -0.2) is 51.4 Å². The zero-order valence-corrected chi connectivity index (χ0v) is 13.4. The highest BCUT2D eigenvalue weighted by Crippen LogP contribution is 2.19. The van der Waals surface area contributed by atoms with Gasteiger partial charge in [0, 0.05) is 18.7 Å². The molecule has 1 aromatic carbocycles. The second-order valence-corrected chi connectivity index (χ2v) is 6.01. The highest BCUT2D eigenvalue weighted by atomic mass is 16.6. The van der Waals surface area contributed by atoms with Gasteiger partial charge in [-0.2, -0.15) is 0 Å². The molecule has 0 aliphatic rings. The SMILES string of the molecule is CC(C)(C)OC(=O)N(CCO)C[C@@H](O)c1ccc([N+](=O)[O-])cc1. The van der Waals surface area contributed by atoms with Gasteiger partial charge < -0.3 is 19.8 Å². The summed E-state index contributed by atoms with van der Waals surface area (Å²) in [5.74, 6) is 0. The average molecular weight is 326 g/mol. The maximum absolute atomic E-state index is 12.1. The number of rotatable bonds is 6. The van der Waals surface area contributed by atoms with Crippen LogP contribution < -0.4 is 0 Å². The van der Waals surface area contributed by atoms with Gasteiger partial charge in [0.05, 0.1) is 24.2 Å². The van der Waals surface area contributed by atoms with Crippen LogP contribution in [0, 0.1) is 10.1 Å². The van der Waals surface area contributed by atoms with Crippen molar-refractivity contribution in [3.05, 3.63) is 39.9 Å². The summed E-state index contributed by atoms with van der Waals surface area (Å²) in [7, 11) is 0. The molecule has 128 valence electrons. The molecule has 1 atom stereocenters. The van der Waals surface area contributed by atoms with E-state index in [1.807, 2.05) is 0 Å². The number of non-ortho nitro benzene ring substituents is 1. The van der Waals surface area contributed by atoms with Crippen LogP contribution in [0.15, 0.2) is 24.3 Å². The Labute approximate surface area is 134 Å². The van der Waals surface area contributed by atoms with Gasteiger partial charge in [-0.1, -0.05) is 0 Å². The molecule has 1 aromatic rings. The number of aliphatic hydroxyl groups excluding tert-OH is 2. The van der Waals surface area contributed by atoms with Crippen molar-refractivity contribution >= 4 is 11.8 Å². The highest BCUT2D eigenvalue weighted by molar-refractivity contribution is 5.68. The number of aliphatic hydroxyl groups is 2. The molecule has 0 saturated heterocycles. The third kappa shape index (κ3) is 6.21. The predicted molar refractivity (Wildman–Crippen MR) is 82.9 cm³/mol. The van der Waals surface area contributed by atoms with Crippen molar-refractivity contribution in [1.82, 2.24) is 4.90 Å². The fourth-order valence-corrected chi connectivity index (χ4v) is 1.84. The number of nitrogens with zero attached hydrogens (tertiary/aromatic N) is 2. The lowest BCUT2D eigenvalue weighted by atomic mass is 10.1. The number of nitro benzene ring substituents is 1. The Morgan fingerprint density at radius 3 is 2.35 bits per heavy atom. The molecule has 1 amide bonds. The Kier molecular flexibility index (Phi) is 6.47. The second-order valence-electron chi connectivity index (χ2n) is 6.01. The van der Waals surface area contributed by atoms with Crippen LogP contribution in [-0.2, 0) is 4.74 Å². The van der Waals surface area contributed by atoms with Crippen molar-refractivity contribution < 1.29 is 24.7 Å². The first kappa shape index (κ1) is 18.9. The molecule has 0 radical (unpaired) electrons. The molecule has 1 rings (SSSR count). The minimum atomic E-state index is -1.05. The molecule has 0 bridgehead atoms. The van der Waals surface area contributed by atoms with Crippen LogP contribution in [0.25, 0.3) is 0 Å². The zero-order valence-electron chi connectivity index (χ0n) is 13.4. The summed E-state index contributed by atoms with van der Waals surface area (Å²) in [6, 6.07) is 5.41. The van der Waals surface area contributed by atoms with E-state index >= 15 is 0 Å². The first-order chi connectivity index (χ1) is 10.6. The molecule has 0 saturated carbocycles. The number of benzene rings is 1. The van der Waals surface area contributed by atoms with Gasteiger partial charge in [-0.05, 0) is 38.5 Å². The highest BCUT2D eigenvalue weighted by Gasteiger charge is 2.24. The van der Waals surface area contributed by atoms with Crippen molar-refractivity contribution in [3.63, 3.8) is 0 Å². The Morgan fingerprint density at radius 2 is 1.91 bits per heavy atom. The van der Waals surface area contributed by atoms with Crippen LogP contribution in [0.4, 0.5) is 10.5 Å². The van der Waals surface area contributed by atoms with Gasteiger partial charge in [0.2, 0.25) is 0 Å². The van der Waals surface area contributed by atoms with E-state index in [9.17, 15) is 20.0 Å². The number of hydrogen-bond acceptors (Lipinski definition) is 6. The van der Waals surface area contributed by atoms with Crippen molar-refractivity contribution in [2.45, 2.75) is 32.5 Å². The monoisotopic (exact) mass is 326 g/mol. The summed E-state index contributed by atoms with van der Waals surface area (Å²) in [5, 5.41) is 29.9. The van der Waals surface area contributed by atoms with Crippen molar-refractivity contribution in [3.8, 4) is 0 Å². The molecule has 8 heteroatoms. The van der Waals surface area contributed by atoms with Gasteiger partial charge in [0.1, 0.15) is 5.60 Å². The van der Waals surface area contributed by atoms with Gasteiger partial charge in [-0.25, -0.2) is 4.79 Å². The van der Waals surface area contributed by atoms with Gasteiger partial charge in [-0.3, -0.25) is 10.1 Å². The Hall–Kier alpha value is -2.19. The average Bonchev–Trinajstić information content (AvgIpc) is 2.45. The molecular weight excluding hydrogens is 304 g/mol. The maximum atomic E-state index is 12.1. The molecular formula is C15H22N2O6. The van der Waals surface area contributed by atoms with Crippen molar-refractivity contribution in [2.75, 3.05) is 19.7 Å². The summed E-state index contributed by atoms with van der Waals surface area (Å²) < 4.78 is 5.22. The van der Waals surface area contributed by atoms with Crippen LogP contribution >= 0.6 is 0 Å². The Morgan fingerprint density at radius 1 is 1.35 bits per heavy atom. The smallest absolute Gasteiger partial charge is 0.410 e. The van der Waals surface area contributed by atoms with Crippen molar-refractivity contribution in [1.29, 1.82) is 0 Å². The lowest BCUT2D eigenvalue weighted by Crippen LogP contribution is -2.40. The van der Waals surface area contributed by atoms with E-state index in [1.54, 1.807) is 20.8 Å². The summed E-state index contributed by atoms with van der Waals surface area (Å²) in [5.41, 5.74) is -0.342. The van der Waals surface area contributed by atoms with Gasteiger partial charge in [-0.15, -0.1) is 0 Å². The number of carbonyl (C=O) groups is 1. The molecule has 0 fully saturated rings. The zero-order chi connectivity index (χ0) is 17.6. The van der Waals surface area contributed by atoms with E-state index < -0.39 is 22.7 Å². The molecule has 0 heterocycles. The molecule has 0 spiro atoms. The lowest BCUT2D eigenvalue weighted by molar-refractivity contribution is -0.384. The molecule has 8 nitrogen and oxygen atoms in total. The number of carbonyl (C=O) groups excluding carboxylic acids is 1. The molecule has 0 aromatic heterocycles. The quantitative estimate of drug-likeness (QED) is 0.609. The molecule has 0 aliphatic heterocycles. The molecule has 23 heavy (non-hydrogen) atoms. The van der Waals surface area contributed by atoms with E-state index in [1.165, 1.54) is 29.2 Å². The second kappa shape index (κ2) is 7.89. The van der Waals surface area contributed by atoms with Crippen molar-refractivity contribution in [2.24, 2.45) is 0 Å². The van der Waals surface area contributed by atoms with E-state index in [0.29, 0.717) is 5.56 Å². The third-order valence-corrected chi connectivity index (χ3v) is 2.90. The standard InChI is InChI=1S/C15H22N2O6/c1-15(2,3)23-14(20)16(8-9-18)10-13(19)11-4-6-12(7-5-11)17(21)22/h4-7,13,18-19H,8-10H2,1-3H3/t13-/m1/s1. The summed E-state index contributed by atoms with van der Waals surface area (Å²) in [6.07, 6.45) is -1.69. The van der Waals surface area contributed by atoms with E-state index in [-0.39, 0.29) is 25.4 Å². The molecule has 2 N–H and O–H groups in total. The summed E-state index contributed by atoms with van der Waals surface area (Å²) in [6.45, 7) is 4.80. The number of ether oxygens (including phenoxy) is 1. The van der Waals surface area contributed by atoms with E-state index in [2.05, 4.69) is 0 Å². The van der Waals surface area contributed by atoms with Crippen LogP contribution in [0.2, 0.25) is 0 Å². The molecule has 0 unspecified atom stereocenters. The largest absolute Gasteiger partial charge is 0.444 e. The third-order valence-electron chi connectivity index (χ3n) is 2.90. The minimum absolute atomic E-state index is 0.0129. The summed E-state index contributed by atoms with van der Waals surface area (Å²) in [4.78, 5) is 23.3. The first-order valence-corrected chi connectivity index (χ1v) is 7.15. The fourth-order valence-electron chi connectivity index (χ4n) is 1.84. The Bertz CT molecular complexity index is 538. The number of nitro groups is 1. The maximum Gasteiger partial charge on any atom is 0.410 e. The van der Waals surface area contributed by atoms with Crippen LogP contribution in [0.3, 0.4) is 0 Å². The number of amides is 1. The van der Waals surface area contributed by atoms with Gasteiger partial charge in [0.15, 0.2) is 0 Å². The van der Waals surface area contributed by atoms with Crippen LogP contribution in [0.5, 0.6) is 0 Å². The van der Waals surface area contributed by atoms with Gasteiger partial charge in [0.25, 0.3) is 5.69 Å². The normalized spacial score (nSPS) is 12.6.